The van der Waals surface area contributed by atoms with Crippen molar-refractivity contribution in [2.75, 3.05) is 13.7 Å². The molecule has 104 valence electrons. The van der Waals surface area contributed by atoms with E-state index in [1.807, 2.05) is 7.11 Å². The third-order valence-electron chi connectivity index (χ3n) is 5.37. The standard InChI is InChI=1S/C15H28N2O/c1-18-15-9-3-7-14(15)17-13-6-2-5-11(13)12-8-4-10-16-12/h11-17H,2-10H2,1H3. The van der Waals surface area contributed by atoms with E-state index >= 15 is 0 Å². The number of hydrogen-bond acceptors (Lipinski definition) is 3. The first-order valence-electron chi connectivity index (χ1n) is 7.90. The molecule has 2 saturated carbocycles. The second-order valence-electron chi connectivity index (χ2n) is 6.38. The molecule has 3 heteroatoms. The Kier molecular flexibility index (Phi) is 4.22. The van der Waals surface area contributed by atoms with Gasteiger partial charge >= 0.3 is 0 Å². The zero-order valence-corrected chi connectivity index (χ0v) is 11.7. The van der Waals surface area contributed by atoms with E-state index in [1.165, 1.54) is 57.9 Å². The van der Waals surface area contributed by atoms with Gasteiger partial charge in [0.15, 0.2) is 0 Å². The molecule has 0 aromatic carbocycles. The van der Waals surface area contributed by atoms with Crippen LogP contribution in [0.4, 0.5) is 0 Å². The van der Waals surface area contributed by atoms with Crippen molar-refractivity contribution in [1.82, 2.24) is 10.6 Å². The van der Waals surface area contributed by atoms with E-state index < -0.39 is 0 Å². The number of nitrogens with one attached hydrogen (secondary N) is 2. The minimum Gasteiger partial charge on any atom is -0.380 e. The van der Waals surface area contributed by atoms with Crippen LogP contribution in [0, 0.1) is 5.92 Å². The molecular weight excluding hydrogens is 224 g/mol. The maximum absolute atomic E-state index is 5.62. The van der Waals surface area contributed by atoms with Crippen molar-refractivity contribution >= 4 is 0 Å². The van der Waals surface area contributed by atoms with Crippen molar-refractivity contribution < 1.29 is 4.74 Å². The van der Waals surface area contributed by atoms with Gasteiger partial charge < -0.3 is 15.4 Å². The SMILES string of the molecule is COC1CCCC1NC1CCCC1C1CCCN1. The maximum atomic E-state index is 5.62. The highest BCUT2D eigenvalue weighted by atomic mass is 16.5. The molecule has 3 nitrogen and oxygen atoms in total. The molecule has 1 aliphatic heterocycles. The molecule has 0 spiro atoms. The van der Waals surface area contributed by atoms with E-state index in [0.717, 1.165) is 18.0 Å². The van der Waals surface area contributed by atoms with Crippen molar-refractivity contribution in [2.45, 2.75) is 75.6 Å². The van der Waals surface area contributed by atoms with Crippen LogP contribution in [0.15, 0.2) is 0 Å². The lowest BCUT2D eigenvalue weighted by Gasteiger charge is -2.31. The molecule has 5 unspecified atom stereocenters. The number of hydrogen-bond donors (Lipinski definition) is 2. The quantitative estimate of drug-likeness (QED) is 0.803. The summed E-state index contributed by atoms with van der Waals surface area (Å²) in [7, 11) is 1.87. The molecule has 0 radical (unpaired) electrons. The lowest BCUT2D eigenvalue weighted by Crippen LogP contribution is -2.48. The first-order valence-corrected chi connectivity index (χ1v) is 7.90. The van der Waals surface area contributed by atoms with E-state index in [9.17, 15) is 0 Å². The summed E-state index contributed by atoms with van der Waals surface area (Å²) in [6, 6.07) is 2.13. The van der Waals surface area contributed by atoms with E-state index in [-0.39, 0.29) is 0 Å². The number of methoxy groups -OCH3 is 1. The van der Waals surface area contributed by atoms with Crippen LogP contribution >= 0.6 is 0 Å². The van der Waals surface area contributed by atoms with Gasteiger partial charge in [-0.1, -0.05) is 6.42 Å². The van der Waals surface area contributed by atoms with E-state index in [0.29, 0.717) is 12.1 Å². The molecule has 0 aromatic rings. The molecule has 0 aromatic heterocycles. The summed E-state index contributed by atoms with van der Waals surface area (Å²) in [5, 5.41) is 7.65. The van der Waals surface area contributed by atoms with E-state index in [2.05, 4.69) is 10.6 Å². The summed E-state index contributed by atoms with van der Waals surface area (Å²) in [6.45, 7) is 1.23. The van der Waals surface area contributed by atoms with Crippen molar-refractivity contribution in [1.29, 1.82) is 0 Å². The molecule has 18 heavy (non-hydrogen) atoms. The summed E-state index contributed by atoms with van der Waals surface area (Å²) in [4.78, 5) is 0. The molecule has 2 aliphatic carbocycles. The zero-order chi connectivity index (χ0) is 12.4. The van der Waals surface area contributed by atoms with Gasteiger partial charge in [0.05, 0.1) is 6.10 Å². The smallest absolute Gasteiger partial charge is 0.0724 e. The Morgan fingerprint density at radius 3 is 2.56 bits per heavy atom. The fourth-order valence-corrected chi connectivity index (χ4v) is 4.43. The first-order chi connectivity index (χ1) is 8.88. The van der Waals surface area contributed by atoms with Crippen LogP contribution in [-0.2, 0) is 4.74 Å². The first kappa shape index (κ1) is 12.9. The van der Waals surface area contributed by atoms with Gasteiger partial charge in [0.1, 0.15) is 0 Å². The molecule has 0 bridgehead atoms. The number of ether oxygens (including phenoxy) is 1. The molecule has 3 rings (SSSR count). The topological polar surface area (TPSA) is 33.3 Å². The summed E-state index contributed by atoms with van der Waals surface area (Å²) >= 11 is 0. The zero-order valence-electron chi connectivity index (χ0n) is 11.7. The molecule has 2 N–H and O–H groups in total. The Bertz CT molecular complexity index is 265. The van der Waals surface area contributed by atoms with Crippen molar-refractivity contribution in [2.24, 2.45) is 5.92 Å². The van der Waals surface area contributed by atoms with E-state index in [1.54, 1.807) is 0 Å². The Morgan fingerprint density at radius 1 is 0.944 bits per heavy atom. The Balaban J connectivity index is 1.57. The van der Waals surface area contributed by atoms with Gasteiger partial charge in [-0.25, -0.2) is 0 Å². The fraction of sp³-hybridized carbons (Fsp3) is 1.00. The van der Waals surface area contributed by atoms with Crippen LogP contribution in [0.1, 0.15) is 51.4 Å². The van der Waals surface area contributed by atoms with Gasteiger partial charge in [0, 0.05) is 25.2 Å². The van der Waals surface area contributed by atoms with E-state index in [4.69, 9.17) is 4.74 Å². The highest BCUT2D eigenvalue weighted by Gasteiger charge is 2.38. The highest BCUT2D eigenvalue weighted by molar-refractivity contribution is 4.96. The van der Waals surface area contributed by atoms with Crippen molar-refractivity contribution in [3.05, 3.63) is 0 Å². The second kappa shape index (κ2) is 5.89. The lowest BCUT2D eigenvalue weighted by molar-refractivity contribution is 0.0781. The fourth-order valence-electron chi connectivity index (χ4n) is 4.43. The minimum absolute atomic E-state index is 0.461. The average molecular weight is 252 g/mol. The van der Waals surface area contributed by atoms with Crippen LogP contribution in [0.3, 0.4) is 0 Å². The van der Waals surface area contributed by atoms with Crippen LogP contribution < -0.4 is 10.6 Å². The molecule has 1 heterocycles. The highest BCUT2D eigenvalue weighted by Crippen LogP contribution is 2.33. The predicted molar refractivity (Wildman–Crippen MR) is 73.7 cm³/mol. The van der Waals surface area contributed by atoms with Gasteiger partial charge in [-0.05, 0) is 57.4 Å². The van der Waals surface area contributed by atoms with Crippen LogP contribution in [0.2, 0.25) is 0 Å². The third-order valence-corrected chi connectivity index (χ3v) is 5.37. The lowest BCUT2D eigenvalue weighted by atomic mass is 9.92. The summed E-state index contributed by atoms with van der Waals surface area (Å²) in [5.74, 6) is 0.866. The normalized spacial score (nSPS) is 44.8. The van der Waals surface area contributed by atoms with Crippen molar-refractivity contribution in [3.63, 3.8) is 0 Å². The molecule has 0 amide bonds. The van der Waals surface area contributed by atoms with Crippen molar-refractivity contribution in [3.8, 4) is 0 Å². The third kappa shape index (κ3) is 2.59. The monoisotopic (exact) mass is 252 g/mol. The molecular formula is C15H28N2O. The molecule has 3 fully saturated rings. The van der Waals surface area contributed by atoms with Gasteiger partial charge in [0.25, 0.3) is 0 Å². The van der Waals surface area contributed by atoms with Crippen LogP contribution in [-0.4, -0.2) is 37.9 Å². The van der Waals surface area contributed by atoms with Crippen LogP contribution in [0.5, 0.6) is 0 Å². The largest absolute Gasteiger partial charge is 0.380 e. The summed E-state index contributed by atoms with van der Waals surface area (Å²) < 4.78 is 5.62. The van der Waals surface area contributed by atoms with Gasteiger partial charge in [0.2, 0.25) is 0 Å². The molecule has 3 aliphatic rings. The second-order valence-corrected chi connectivity index (χ2v) is 6.38. The summed E-state index contributed by atoms with van der Waals surface area (Å²) in [6.07, 6.45) is 11.3. The van der Waals surface area contributed by atoms with Gasteiger partial charge in [-0.3, -0.25) is 0 Å². The van der Waals surface area contributed by atoms with Gasteiger partial charge in [-0.2, -0.15) is 0 Å². The minimum atomic E-state index is 0.461. The Labute approximate surface area is 111 Å². The average Bonchev–Trinajstić information content (AvgIpc) is 3.09. The molecule has 5 atom stereocenters. The Morgan fingerprint density at radius 2 is 1.78 bits per heavy atom. The Hall–Kier alpha value is -0.120. The summed E-state index contributed by atoms with van der Waals surface area (Å²) in [5.41, 5.74) is 0. The molecule has 1 saturated heterocycles. The number of rotatable bonds is 4. The predicted octanol–water partition coefficient (Wildman–Crippen LogP) is 2.06. The van der Waals surface area contributed by atoms with Gasteiger partial charge in [-0.15, -0.1) is 0 Å². The van der Waals surface area contributed by atoms with Crippen LogP contribution in [0.25, 0.3) is 0 Å². The maximum Gasteiger partial charge on any atom is 0.0724 e.